The van der Waals surface area contributed by atoms with Crippen LogP contribution in [0.3, 0.4) is 0 Å². The highest BCUT2D eigenvalue weighted by Gasteiger charge is 2.45. The summed E-state index contributed by atoms with van der Waals surface area (Å²) in [7, 11) is 3.37. The molecule has 1 saturated heterocycles. The third kappa shape index (κ3) is 3.88. The van der Waals surface area contributed by atoms with Crippen molar-refractivity contribution in [2.75, 3.05) is 33.8 Å². The molecule has 4 nitrogen and oxygen atoms in total. The molecule has 2 unspecified atom stereocenters. The lowest BCUT2D eigenvalue weighted by Crippen LogP contribution is -2.56. The summed E-state index contributed by atoms with van der Waals surface area (Å²) in [5.41, 5.74) is -1.93. The number of ketones is 1. The number of morpholine rings is 1. The first-order valence-electron chi connectivity index (χ1n) is 8.41. The van der Waals surface area contributed by atoms with Crippen LogP contribution in [0.25, 0.3) is 0 Å². The maximum Gasteiger partial charge on any atom is 0.416 e. The second-order valence-electron chi connectivity index (χ2n) is 6.64. The van der Waals surface area contributed by atoms with Crippen LogP contribution >= 0.6 is 0 Å². The zero-order valence-corrected chi connectivity index (χ0v) is 15.0. The van der Waals surface area contributed by atoms with E-state index in [1.807, 2.05) is 6.92 Å². The van der Waals surface area contributed by atoms with Crippen LogP contribution in [0, 0.1) is 5.92 Å². The summed E-state index contributed by atoms with van der Waals surface area (Å²) in [5, 5.41) is 3.10. The summed E-state index contributed by atoms with van der Waals surface area (Å²) >= 11 is 0. The fourth-order valence-electron chi connectivity index (χ4n) is 3.04. The topological polar surface area (TPSA) is 41.6 Å². The van der Waals surface area contributed by atoms with E-state index in [2.05, 4.69) is 5.32 Å². The number of hydrogen-bond acceptors (Lipinski definition) is 4. The van der Waals surface area contributed by atoms with E-state index in [0.29, 0.717) is 19.6 Å². The van der Waals surface area contributed by atoms with Gasteiger partial charge in [0.2, 0.25) is 0 Å². The standard InChI is InChI=1S/C18H25F3N2O2/c1-5-12(2)16(24)13-6-7-14(15(10-13)18(19,20)21)17(23(3)4)11-22-8-9-25-17/h6-7,10,12,22H,5,8-9,11H2,1-4H3. The smallest absolute Gasteiger partial charge is 0.353 e. The Labute approximate surface area is 146 Å². The van der Waals surface area contributed by atoms with Crippen molar-refractivity contribution in [3.05, 3.63) is 34.9 Å². The molecular weight excluding hydrogens is 333 g/mol. The molecule has 0 bridgehead atoms. The highest BCUT2D eigenvalue weighted by atomic mass is 19.4. The van der Waals surface area contributed by atoms with Gasteiger partial charge in [-0.3, -0.25) is 9.69 Å². The molecule has 1 N–H and O–H groups in total. The van der Waals surface area contributed by atoms with E-state index in [1.54, 1.807) is 25.9 Å². The van der Waals surface area contributed by atoms with Gasteiger partial charge in [0.1, 0.15) is 0 Å². The Hall–Kier alpha value is -1.44. The van der Waals surface area contributed by atoms with Crippen molar-refractivity contribution in [1.82, 2.24) is 10.2 Å². The van der Waals surface area contributed by atoms with E-state index >= 15 is 0 Å². The zero-order valence-electron chi connectivity index (χ0n) is 15.0. The maximum absolute atomic E-state index is 13.8. The summed E-state index contributed by atoms with van der Waals surface area (Å²) < 4.78 is 47.1. The van der Waals surface area contributed by atoms with Crippen molar-refractivity contribution in [2.24, 2.45) is 5.92 Å². The number of halogens is 3. The molecule has 1 aromatic rings. The minimum atomic E-state index is -4.58. The lowest BCUT2D eigenvalue weighted by Gasteiger charge is -2.44. The minimum absolute atomic E-state index is 0.0258. The molecule has 2 atom stereocenters. The molecule has 2 rings (SSSR count). The zero-order chi connectivity index (χ0) is 18.8. The van der Waals surface area contributed by atoms with Crippen LogP contribution in [0.5, 0.6) is 0 Å². The van der Waals surface area contributed by atoms with Gasteiger partial charge in [-0.15, -0.1) is 0 Å². The third-order valence-corrected chi connectivity index (χ3v) is 4.80. The minimum Gasteiger partial charge on any atom is -0.353 e. The number of ether oxygens (including phenoxy) is 1. The summed E-state index contributed by atoms with van der Waals surface area (Å²) in [6, 6.07) is 3.82. The molecule has 1 aliphatic rings. The molecule has 0 aliphatic carbocycles. The summed E-state index contributed by atoms with van der Waals surface area (Å²) in [4.78, 5) is 14.0. The number of carbonyl (C=O) groups excluding carboxylic acids is 1. The van der Waals surface area contributed by atoms with Crippen LogP contribution in [-0.4, -0.2) is 44.5 Å². The number of nitrogens with zero attached hydrogens (tertiary/aromatic N) is 1. The molecule has 0 radical (unpaired) electrons. The maximum atomic E-state index is 13.8. The number of rotatable bonds is 5. The second-order valence-corrected chi connectivity index (χ2v) is 6.64. The van der Waals surface area contributed by atoms with Crippen LogP contribution in [0.1, 0.15) is 41.8 Å². The van der Waals surface area contributed by atoms with Gasteiger partial charge in [-0.2, -0.15) is 13.2 Å². The Morgan fingerprint density at radius 2 is 2.08 bits per heavy atom. The Morgan fingerprint density at radius 1 is 1.40 bits per heavy atom. The number of benzene rings is 1. The highest BCUT2D eigenvalue weighted by Crippen LogP contribution is 2.40. The molecule has 1 aromatic carbocycles. The third-order valence-electron chi connectivity index (χ3n) is 4.80. The Kier molecular flexibility index (Phi) is 5.91. The van der Waals surface area contributed by atoms with Crippen molar-refractivity contribution in [3.8, 4) is 0 Å². The number of hydrogen-bond donors (Lipinski definition) is 1. The summed E-state index contributed by atoms with van der Waals surface area (Å²) in [6.45, 7) is 4.69. The SMILES string of the molecule is CCC(C)C(=O)c1ccc(C2(N(C)C)CNCCO2)c(C(F)(F)F)c1. The van der Waals surface area contributed by atoms with Gasteiger partial charge in [-0.05, 0) is 26.6 Å². The van der Waals surface area contributed by atoms with Crippen LogP contribution in [0.15, 0.2) is 18.2 Å². The molecule has 25 heavy (non-hydrogen) atoms. The van der Waals surface area contributed by atoms with Crippen molar-refractivity contribution in [2.45, 2.75) is 32.2 Å². The quantitative estimate of drug-likeness (QED) is 0.821. The van der Waals surface area contributed by atoms with E-state index < -0.39 is 17.5 Å². The molecule has 0 amide bonds. The fourth-order valence-corrected chi connectivity index (χ4v) is 3.04. The Bertz CT molecular complexity index is 623. The first-order chi connectivity index (χ1) is 11.6. The predicted molar refractivity (Wildman–Crippen MR) is 89.4 cm³/mol. The van der Waals surface area contributed by atoms with Crippen LogP contribution in [0.4, 0.5) is 13.2 Å². The fraction of sp³-hybridized carbons (Fsp3) is 0.611. The van der Waals surface area contributed by atoms with Crippen molar-refractivity contribution < 1.29 is 22.7 Å². The van der Waals surface area contributed by atoms with E-state index in [0.717, 1.165) is 6.07 Å². The number of likely N-dealkylation sites (N-methyl/N-ethyl adjacent to an activating group) is 1. The van der Waals surface area contributed by atoms with Crippen molar-refractivity contribution in [1.29, 1.82) is 0 Å². The van der Waals surface area contributed by atoms with Crippen molar-refractivity contribution >= 4 is 5.78 Å². The predicted octanol–water partition coefficient (Wildman–Crippen LogP) is 3.27. The molecule has 1 aliphatic heterocycles. The lowest BCUT2D eigenvalue weighted by atomic mass is 9.89. The van der Waals surface area contributed by atoms with E-state index in [9.17, 15) is 18.0 Å². The number of Topliss-reactive ketones (excluding diaryl/α,β-unsaturated/α-hetero) is 1. The average molecular weight is 358 g/mol. The van der Waals surface area contributed by atoms with Gasteiger partial charge in [0.15, 0.2) is 11.5 Å². The first kappa shape index (κ1) is 19.9. The number of alkyl halides is 3. The van der Waals surface area contributed by atoms with Crippen molar-refractivity contribution in [3.63, 3.8) is 0 Å². The van der Waals surface area contributed by atoms with E-state index in [4.69, 9.17) is 4.74 Å². The molecule has 7 heteroatoms. The Morgan fingerprint density at radius 3 is 2.56 bits per heavy atom. The largest absolute Gasteiger partial charge is 0.416 e. The summed E-state index contributed by atoms with van der Waals surface area (Å²) in [5.74, 6) is -0.594. The molecule has 0 aromatic heterocycles. The van der Waals surface area contributed by atoms with Crippen LogP contribution < -0.4 is 5.32 Å². The van der Waals surface area contributed by atoms with Gasteiger partial charge >= 0.3 is 6.18 Å². The number of nitrogens with one attached hydrogen (secondary N) is 1. The van der Waals surface area contributed by atoms with Gasteiger partial charge in [-0.1, -0.05) is 26.0 Å². The molecule has 0 spiro atoms. The molecule has 1 heterocycles. The van der Waals surface area contributed by atoms with E-state index in [-0.39, 0.29) is 29.4 Å². The van der Waals surface area contributed by atoms with Crippen LogP contribution in [-0.2, 0) is 16.6 Å². The average Bonchev–Trinajstić information content (AvgIpc) is 2.59. The van der Waals surface area contributed by atoms with Crippen LogP contribution in [0.2, 0.25) is 0 Å². The van der Waals surface area contributed by atoms with Gasteiger partial charge in [-0.25, -0.2) is 0 Å². The second kappa shape index (κ2) is 7.43. The van der Waals surface area contributed by atoms with Gasteiger partial charge in [0, 0.05) is 30.1 Å². The molecule has 140 valence electrons. The monoisotopic (exact) mass is 358 g/mol. The lowest BCUT2D eigenvalue weighted by molar-refractivity contribution is -0.172. The highest BCUT2D eigenvalue weighted by molar-refractivity contribution is 5.97. The molecule has 0 saturated carbocycles. The molecular formula is C18H25F3N2O2. The first-order valence-corrected chi connectivity index (χ1v) is 8.41. The molecule has 1 fully saturated rings. The van der Waals surface area contributed by atoms with Gasteiger partial charge in [0.05, 0.1) is 12.2 Å². The normalized spacial score (nSPS) is 22.9. The van der Waals surface area contributed by atoms with Gasteiger partial charge in [0.25, 0.3) is 0 Å². The van der Waals surface area contributed by atoms with Gasteiger partial charge < -0.3 is 10.1 Å². The number of carbonyl (C=O) groups is 1. The Balaban J connectivity index is 2.60. The summed E-state index contributed by atoms with van der Waals surface area (Å²) in [6.07, 6.45) is -4.00. The van der Waals surface area contributed by atoms with E-state index in [1.165, 1.54) is 12.1 Å².